The maximum Gasteiger partial charge on any atom is 0.512 e. The van der Waals surface area contributed by atoms with Crippen LogP contribution in [0.5, 0.6) is 0 Å². The summed E-state index contributed by atoms with van der Waals surface area (Å²) in [6, 6.07) is 16.0. The van der Waals surface area contributed by atoms with Crippen molar-refractivity contribution in [1.82, 2.24) is 0 Å². The Balaban J connectivity index is 2.67. The van der Waals surface area contributed by atoms with Crippen molar-refractivity contribution < 1.29 is 16.9 Å². The summed E-state index contributed by atoms with van der Waals surface area (Å²) in [6.07, 6.45) is 0. The predicted molar refractivity (Wildman–Crippen MR) is 68.6 cm³/mol. The van der Waals surface area contributed by atoms with Crippen LogP contribution >= 0.6 is 0 Å². The molecule has 0 radical (unpaired) electrons. The minimum absolute atomic E-state index is 0.457. The van der Waals surface area contributed by atoms with Gasteiger partial charge in [0.15, 0.2) is 0 Å². The van der Waals surface area contributed by atoms with Gasteiger partial charge in [-0.05, 0) is 18.2 Å². The fraction of sp³-hybridized carbons (Fsp3) is 0. The van der Waals surface area contributed by atoms with E-state index in [0.717, 1.165) is 14.7 Å². The number of hydrogen-bond acceptors (Lipinski definition) is 2. The van der Waals surface area contributed by atoms with Crippen molar-refractivity contribution in [2.75, 3.05) is 0 Å². The van der Waals surface area contributed by atoms with Crippen LogP contribution in [-0.4, -0.2) is 13.0 Å². The zero-order valence-corrected chi connectivity index (χ0v) is 10.1. The fourth-order valence-electron chi connectivity index (χ4n) is 2.13. The van der Waals surface area contributed by atoms with E-state index >= 15 is 0 Å². The average molecular weight is 260 g/mol. The summed E-state index contributed by atoms with van der Waals surface area (Å²) in [5.41, 5.74) is 0.914. The third-order valence-electron chi connectivity index (χ3n) is 2.85. The average Bonchev–Trinajstić information content (AvgIpc) is 2.34. The van der Waals surface area contributed by atoms with Gasteiger partial charge in [0.2, 0.25) is 11.0 Å². The van der Waals surface area contributed by atoms with Crippen LogP contribution in [0.1, 0.15) is 0 Å². The number of aromatic nitrogens is 1. The predicted octanol–water partition coefficient (Wildman–Crippen LogP) is 1.93. The maximum atomic E-state index is 11.6. The second kappa shape index (κ2) is 3.76. The van der Waals surface area contributed by atoms with E-state index in [4.69, 9.17) is 0 Å². The summed E-state index contributed by atoms with van der Waals surface area (Å²) in [5.74, 6) is 0. The van der Waals surface area contributed by atoms with Crippen LogP contribution in [-0.2, 0) is 10.3 Å². The molecule has 1 N–H and O–H groups in total. The number of nitrogens with zero attached hydrogens (tertiary/aromatic N) is 1. The first-order valence-electron chi connectivity index (χ1n) is 5.38. The maximum absolute atomic E-state index is 11.6. The van der Waals surface area contributed by atoms with Crippen LogP contribution in [0.25, 0.3) is 21.8 Å². The van der Waals surface area contributed by atoms with Gasteiger partial charge in [-0.25, -0.2) is 4.55 Å². The molecule has 0 aliphatic rings. The molecular weight excluding hydrogens is 250 g/mol. The van der Waals surface area contributed by atoms with Gasteiger partial charge in [-0.1, -0.05) is 28.2 Å². The Hall–Kier alpha value is -1.98. The van der Waals surface area contributed by atoms with Gasteiger partial charge >= 0.3 is 10.3 Å². The van der Waals surface area contributed by atoms with Crippen molar-refractivity contribution in [3.63, 3.8) is 0 Å². The zero-order valence-electron chi connectivity index (χ0n) is 9.32. The van der Waals surface area contributed by atoms with E-state index in [1.165, 1.54) is 0 Å². The van der Waals surface area contributed by atoms with Gasteiger partial charge in [0.05, 0.1) is 0 Å². The first-order valence-corrected chi connectivity index (χ1v) is 6.77. The lowest BCUT2D eigenvalue weighted by Gasteiger charge is -2.01. The normalized spacial score (nSPS) is 12.1. The lowest BCUT2D eigenvalue weighted by atomic mass is 10.1. The highest BCUT2D eigenvalue weighted by Gasteiger charge is 2.26. The van der Waals surface area contributed by atoms with E-state index in [9.17, 15) is 13.0 Å². The van der Waals surface area contributed by atoms with Gasteiger partial charge < -0.3 is 0 Å². The Morgan fingerprint density at radius 1 is 0.833 bits per heavy atom. The molecule has 90 valence electrons. The van der Waals surface area contributed by atoms with Crippen molar-refractivity contribution in [3.8, 4) is 0 Å². The Morgan fingerprint density at radius 3 is 1.72 bits per heavy atom. The second-order valence-electron chi connectivity index (χ2n) is 4.00. The van der Waals surface area contributed by atoms with Crippen LogP contribution in [0.15, 0.2) is 54.6 Å². The van der Waals surface area contributed by atoms with E-state index in [1.807, 2.05) is 30.3 Å². The third kappa shape index (κ3) is 1.64. The topological polar surface area (TPSA) is 58.3 Å². The van der Waals surface area contributed by atoms with Gasteiger partial charge in [0, 0.05) is 22.9 Å². The number of rotatable bonds is 1. The Labute approximate surface area is 104 Å². The van der Waals surface area contributed by atoms with E-state index in [1.54, 1.807) is 24.3 Å². The molecule has 0 saturated carbocycles. The minimum Gasteiger partial charge on any atom is -0.233 e. The Morgan fingerprint density at radius 2 is 1.28 bits per heavy atom. The highest BCUT2D eigenvalue weighted by molar-refractivity contribution is 7.79. The summed E-state index contributed by atoms with van der Waals surface area (Å²) >= 11 is 0. The second-order valence-corrected chi connectivity index (χ2v) is 5.26. The van der Waals surface area contributed by atoms with Crippen molar-refractivity contribution in [2.45, 2.75) is 0 Å². The zero-order chi connectivity index (χ0) is 12.8. The number of benzene rings is 2. The highest BCUT2D eigenvalue weighted by atomic mass is 32.2. The molecule has 0 saturated heterocycles. The van der Waals surface area contributed by atoms with Crippen LogP contribution in [0.4, 0.5) is 0 Å². The SMILES string of the molecule is O=S(=O)(O)[n+]1c2ccccc2cc2ccccc21. The molecule has 0 unspecified atom stereocenters. The molecule has 1 aromatic heterocycles. The van der Waals surface area contributed by atoms with Gasteiger partial charge in [0.1, 0.15) is 0 Å². The van der Waals surface area contributed by atoms with Crippen LogP contribution in [0.2, 0.25) is 0 Å². The molecule has 1 heterocycles. The van der Waals surface area contributed by atoms with E-state index in [2.05, 4.69) is 0 Å². The number of hydrogen-bond donors (Lipinski definition) is 1. The molecular formula is C13H10NO3S+. The molecule has 3 rings (SSSR count). The molecule has 0 aliphatic carbocycles. The first kappa shape index (κ1) is 11.1. The molecule has 2 aromatic carbocycles. The van der Waals surface area contributed by atoms with Crippen molar-refractivity contribution >= 4 is 32.1 Å². The molecule has 0 aliphatic heterocycles. The molecule has 0 fully saturated rings. The van der Waals surface area contributed by atoms with E-state index in [-0.39, 0.29) is 0 Å². The lowest BCUT2D eigenvalue weighted by molar-refractivity contribution is -0.458. The summed E-state index contributed by atoms with van der Waals surface area (Å²) in [7, 11) is -4.34. The smallest absolute Gasteiger partial charge is 0.233 e. The van der Waals surface area contributed by atoms with Crippen molar-refractivity contribution in [2.24, 2.45) is 0 Å². The van der Waals surface area contributed by atoms with Crippen molar-refractivity contribution in [3.05, 3.63) is 54.6 Å². The summed E-state index contributed by atoms with van der Waals surface area (Å²) < 4.78 is 33.5. The Kier molecular flexibility index (Phi) is 2.33. The summed E-state index contributed by atoms with van der Waals surface area (Å²) in [4.78, 5) is 0. The largest absolute Gasteiger partial charge is 0.512 e. The summed E-state index contributed by atoms with van der Waals surface area (Å²) in [6.45, 7) is 0. The quantitative estimate of drug-likeness (QED) is 0.413. The van der Waals surface area contributed by atoms with Crippen LogP contribution < -0.4 is 3.97 Å². The fourth-order valence-corrected chi connectivity index (χ4v) is 2.96. The molecule has 4 nitrogen and oxygen atoms in total. The molecule has 5 heteroatoms. The van der Waals surface area contributed by atoms with Crippen LogP contribution in [0, 0.1) is 0 Å². The molecule has 0 atom stereocenters. The summed E-state index contributed by atoms with van der Waals surface area (Å²) in [5, 5.41) is 1.52. The van der Waals surface area contributed by atoms with Gasteiger partial charge in [-0.15, -0.1) is 8.42 Å². The van der Waals surface area contributed by atoms with Gasteiger partial charge in [0.25, 0.3) is 0 Å². The van der Waals surface area contributed by atoms with Gasteiger partial charge in [-0.3, -0.25) is 0 Å². The number of fused-ring (bicyclic) bond motifs is 2. The first-order chi connectivity index (χ1) is 8.57. The molecule has 0 bridgehead atoms. The van der Waals surface area contributed by atoms with Gasteiger partial charge in [-0.2, -0.15) is 0 Å². The number of pyridine rings is 1. The molecule has 3 aromatic rings. The monoisotopic (exact) mass is 260 g/mol. The molecule has 0 spiro atoms. The third-order valence-corrected chi connectivity index (χ3v) is 3.71. The highest BCUT2D eigenvalue weighted by Crippen LogP contribution is 2.18. The Bertz CT molecular complexity index is 802. The van der Waals surface area contributed by atoms with Crippen LogP contribution in [0.3, 0.4) is 0 Å². The van der Waals surface area contributed by atoms with E-state index in [0.29, 0.717) is 11.0 Å². The molecule has 18 heavy (non-hydrogen) atoms. The van der Waals surface area contributed by atoms with Crippen molar-refractivity contribution in [1.29, 1.82) is 0 Å². The standard InChI is InChI=1S/C13H9NO3S/c15-18(16,17)14-12-7-3-1-5-10(12)9-11-6-2-4-8-13(11)14/h1-9H/p+1. The lowest BCUT2D eigenvalue weighted by Crippen LogP contribution is -2.43. The minimum atomic E-state index is -4.34. The van der Waals surface area contributed by atoms with E-state index < -0.39 is 10.3 Å². The number of para-hydroxylation sites is 2. The molecule has 0 amide bonds.